The Morgan fingerprint density at radius 2 is 2.00 bits per heavy atom. The molecule has 0 bridgehead atoms. The molecule has 0 aliphatic rings. The maximum Gasteiger partial charge on any atom is 0.221 e. The van der Waals surface area contributed by atoms with E-state index in [0.717, 1.165) is 12.3 Å². The van der Waals surface area contributed by atoms with Crippen LogP contribution in [-0.2, 0) is 4.79 Å². The van der Waals surface area contributed by atoms with Crippen LogP contribution in [-0.4, -0.2) is 32.7 Å². The van der Waals surface area contributed by atoms with Gasteiger partial charge in [0.2, 0.25) is 5.91 Å². The van der Waals surface area contributed by atoms with E-state index in [2.05, 4.69) is 10.6 Å². The minimum Gasteiger partial charge on any atom is -0.492 e. The molecule has 0 aliphatic heterocycles. The Morgan fingerprint density at radius 1 is 1.25 bits per heavy atom. The molecule has 0 fully saturated rings. The summed E-state index contributed by atoms with van der Waals surface area (Å²) in [7, 11) is 1.64. The lowest BCUT2D eigenvalue weighted by molar-refractivity contribution is -0.120. The van der Waals surface area contributed by atoms with E-state index in [-0.39, 0.29) is 5.91 Å². The summed E-state index contributed by atoms with van der Waals surface area (Å²) in [5.41, 5.74) is 0. The molecule has 0 heterocycles. The summed E-state index contributed by atoms with van der Waals surface area (Å²) < 4.78 is 5.48. The van der Waals surface area contributed by atoms with E-state index in [9.17, 15) is 4.79 Å². The van der Waals surface area contributed by atoms with Crippen molar-refractivity contribution in [3.05, 3.63) is 30.3 Å². The molecule has 4 nitrogen and oxygen atoms in total. The van der Waals surface area contributed by atoms with Gasteiger partial charge in [0.1, 0.15) is 12.4 Å². The highest BCUT2D eigenvalue weighted by atomic mass is 16.5. The molecule has 0 radical (unpaired) electrons. The van der Waals surface area contributed by atoms with Crippen molar-refractivity contribution < 1.29 is 9.53 Å². The Labute approximate surface area is 96.0 Å². The fourth-order valence-corrected chi connectivity index (χ4v) is 1.21. The number of para-hydroxylation sites is 1. The van der Waals surface area contributed by atoms with Gasteiger partial charge in [0.05, 0.1) is 0 Å². The Morgan fingerprint density at radius 3 is 2.69 bits per heavy atom. The molecule has 16 heavy (non-hydrogen) atoms. The number of benzene rings is 1. The smallest absolute Gasteiger partial charge is 0.221 e. The third kappa shape index (κ3) is 5.36. The number of hydrogen-bond donors (Lipinski definition) is 2. The van der Waals surface area contributed by atoms with Crippen LogP contribution in [0.25, 0.3) is 0 Å². The lowest BCUT2D eigenvalue weighted by Crippen LogP contribution is -2.27. The Balaban J connectivity index is 1.98. The summed E-state index contributed by atoms with van der Waals surface area (Å²) in [6.45, 7) is 2.03. The fraction of sp³-hybridized carbons (Fsp3) is 0.417. The Bertz CT molecular complexity index is 301. The van der Waals surface area contributed by atoms with Crippen LogP contribution in [0.4, 0.5) is 0 Å². The molecular formula is C12H18N2O2. The van der Waals surface area contributed by atoms with E-state index in [1.54, 1.807) is 7.05 Å². The highest BCUT2D eigenvalue weighted by Gasteiger charge is 1.96. The van der Waals surface area contributed by atoms with Crippen molar-refractivity contribution in [3.63, 3.8) is 0 Å². The second kappa shape index (κ2) is 7.70. The first-order valence-electron chi connectivity index (χ1n) is 5.42. The van der Waals surface area contributed by atoms with Gasteiger partial charge in [-0.2, -0.15) is 0 Å². The summed E-state index contributed by atoms with van der Waals surface area (Å²) in [5, 5.41) is 5.71. The van der Waals surface area contributed by atoms with Crippen molar-refractivity contribution in [2.75, 3.05) is 26.7 Å². The number of ether oxygens (including phenoxy) is 1. The molecule has 2 N–H and O–H groups in total. The Kier molecular flexibility index (Phi) is 6.03. The average Bonchev–Trinajstić information content (AvgIpc) is 2.34. The lowest BCUT2D eigenvalue weighted by atomic mass is 10.3. The van der Waals surface area contributed by atoms with Gasteiger partial charge in [-0.3, -0.25) is 4.79 Å². The summed E-state index contributed by atoms with van der Waals surface area (Å²) in [5.74, 6) is 0.923. The van der Waals surface area contributed by atoms with Crippen molar-refractivity contribution in [1.29, 1.82) is 0 Å². The van der Waals surface area contributed by atoms with Crippen LogP contribution in [0.1, 0.15) is 6.42 Å². The largest absolute Gasteiger partial charge is 0.492 e. The molecule has 1 amide bonds. The minimum atomic E-state index is 0.0523. The predicted molar refractivity (Wildman–Crippen MR) is 63.5 cm³/mol. The molecule has 0 atom stereocenters. The van der Waals surface area contributed by atoms with Crippen LogP contribution >= 0.6 is 0 Å². The standard InChI is InChI=1S/C12H18N2O2/c1-13-12(15)7-8-14-9-10-16-11-5-3-2-4-6-11/h2-6,14H,7-10H2,1H3,(H,13,15). The number of carbonyl (C=O) groups excluding carboxylic acids is 1. The van der Waals surface area contributed by atoms with Crippen LogP contribution in [0, 0.1) is 0 Å². The van der Waals surface area contributed by atoms with E-state index in [0.29, 0.717) is 19.6 Å². The molecule has 0 unspecified atom stereocenters. The molecule has 1 aromatic carbocycles. The van der Waals surface area contributed by atoms with Crippen molar-refractivity contribution >= 4 is 5.91 Å². The fourth-order valence-electron chi connectivity index (χ4n) is 1.21. The molecule has 88 valence electrons. The molecule has 0 spiro atoms. The topological polar surface area (TPSA) is 50.4 Å². The maximum atomic E-state index is 10.9. The SMILES string of the molecule is CNC(=O)CCNCCOc1ccccc1. The quantitative estimate of drug-likeness (QED) is 0.671. The average molecular weight is 222 g/mol. The Hall–Kier alpha value is -1.55. The molecule has 1 rings (SSSR count). The number of rotatable bonds is 7. The first-order valence-corrected chi connectivity index (χ1v) is 5.42. The first kappa shape index (κ1) is 12.5. The van der Waals surface area contributed by atoms with E-state index >= 15 is 0 Å². The predicted octanol–water partition coefficient (Wildman–Crippen LogP) is 0.791. The third-order valence-electron chi connectivity index (χ3n) is 2.10. The number of hydrogen-bond acceptors (Lipinski definition) is 3. The van der Waals surface area contributed by atoms with E-state index in [1.165, 1.54) is 0 Å². The third-order valence-corrected chi connectivity index (χ3v) is 2.10. The van der Waals surface area contributed by atoms with Crippen LogP contribution in [0.5, 0.6) is 5.75 Å². The zero-order valence-electron chi connectivity index (χ0n) is 9.53. The van der Waals surface area contributed by atoms with Crippen LogP contribution in [0.2, 0.25) is 0 Å². The molecule has 0 aromatic heterocycles. The summed E-state index contributed by atoms with van der Waals surface area (Å²) in [6.07, 6.45) is 0.502. The second-order valence-corrected chi connectivity index (χ2v) is 3.33. The lowest BCUT2D eigenvalue weighted by Gasteiger charge is -2.06. The number of nitrogens with one attached hydrogen (secondary N) is 2. The van der Waals surface area contributed by atoms with Crippen molar-refractivity contribution in [1.82, 2.24) is 10.6 Å². The highest BCUT2D eigenvalue weighted by Crippen LogP contribution is 2.07. The van der Waals surface area contributed by atoms with Crippen molar-refractivity contribution in [2.24, 2.45) is 0 Å². The summed E-state index contributed by atoms with van der Waals surface area (Å²) in [6, 6.07) is 9.67. The maximum absolute atomic E-state index is 10.9. The molecule has 0 saturated carbocycles. The van der Waals surface area contributed by atoms with Crippen molar-refractivity contribution in [3.8, 4) is 5.75 Å². The van der Waals surface area contributed by atoms with Crippen LogP contribution in [0.15, 0.2) is 30.3 Å². The number of amides is 1. The zero-order valence-corrected chi connectivity index (χ0v) is 9.53. The molecule has 0 aliphatic carbocycles. The van der Waals surface area contributed by atoms with Crippen molar-refractivity contribution in [2.45, 2.75) is 6.42 Å². The second-order valence-electron chi connectivity index (χ2n) is 3.33. The molecule has 0 saturated heterocycles. The summed E-state index contributed by atoms with van der Waals surface area (Å²) in [4.78, 5) is 10.9. The van der Waals surface area contributed by atoms with Crippen LogP contribution in [0.3, 0.4) is 0 Å². The van der Waals surface area contributed by atoms with E-state index in [4.69, 9.17) is 4.74 Å². The van der Waals surface area contributed by atoms with Gasteiger partial charge in [-0.25, -0.2) is 0 Å². The van der Waals surface area contributed by atoms with Gasteiger partial charge in [0.15, 0.2) is 0 Å². The molecule has 4 heteroatoms. The molecule has 1 aromatic rings. The van der Waals surface area contributed by atoms with Gasteiger partial charge >= 0.3 is 0 Å². The first-order chi connectivity index (χ1) is 7.83. The van der Waals surface area contributed by atoms with Gasteiger partial charge < -0.3 is 15.4 Å². The van der Waals surface area contributed by atoms with Gasteiger partial charge in [0.25, 0.3) is 0 Å². The van der Waals surface area contributed by atoms with Crippen LogP contribution < -0.4 is 15.4 Å². The number of carbonyl (C=O) groups is 1. The van der Waals surface area contributed by atoms with Gasteiger partial charge in [-0.05, 0) is 12.1 Å². The minimum absolute atomic E-state index is 0.0523. The van der Waals surface area contributed by atoms with Gasteiger partial charge in [0, 0.05) is 26.6 Å². The zero-order chi connectivity index (χ0) is 11.6. The van der Waals surface area contributed by atoms with Gasteiger partial charge in [-0.1, -0.05) is 18.2 Å². The monoisotopic (exact) mass is 222 g/mol. The van der Waals surface area contributed by atoms with E-state index < -0.39 is 0 Å². The highest BCUT2D eigenvalue weighted by molar-refractivity contribution is 5.75. The van der Waals surface area contributed by atoms with Gasteiger partial charge in [-0.15, -0.1) is 0 Å². The van der Waals surface area contributed by atoms with E-state index in [1.807, 2.05) is 30.3 Å². The normalized spacial score (nSPS) is 9.81. The summed E-state index contributed by atoms with van der Waals surface area (Å²) >= 11 is 0. The molecular weight excluding hydrogens is 204 g/mol.